The van der Waals surface area contributed by atoms with Crippen molar-refractivity contribution in [3.63, 3.8) is 0 Å². The molecule has 1 aliphatic rings. The van der Waals surface area contributed by atoms with E-state index in [1.54, 1.807) is 24.3 Å². The van der Waals surface area contributed by atoms with Gasteiger partial charge in [-0.2, -0.15) is 0 Å². The number of aryl methyl sites for hydroxylation is 1. The van der Waals surface area contributed by atoms with E-state index in [4.69, 9.17) is 4.74 Å². The highest BCUT2D eigenvalue weighted by Crippen LogP contribution is 2.21. The standard InChI is InChI=1S/C19H16O3/c1-13-6-2-3-7-14(13)11-22-12-15-10-18(20)16-8-4-5-9-17(16)19(15)21/h2-10H,11-12H2,1H3. The summed E-state index contributed by atoms with van der Waals surface area (Å²) in [6.07, 6.45) is 1.39. The van der Waals surface area contributed by atoms with E-state index in [-0.39, 0.29) is 18.2 Å². The molecule has 3 rings (SSSR count). The summed E-state index contributed by atoms with van der Waals surface area (Å²) in [6, 6.07) is 14.8. The van der Waals surface area contributed by atoms with Crippen LogP contribution in [-0.4, -0.2) is 18.2 Å². The fourth-order valence-corrected chi connectivity index (χ4v) is 2.52. The minimum Gasteiger partial charge on any atom is -0.372 e. The van der Waals surface area contributed by atoms with Crippen molar-refractivity contribution in [3.05, 3.63) is 82.4 Å². The van der Waals surface area contributed by atoms with Crippen LogP contribution < -0.4 is 0 Å². The normalized spacial score (nSPS) is 13.8. The second-order valence-corrected chi connectivity index (χ2v) is 5.33. The van der Waals surface area contributed by atoms with Crippen molar-refractivity contribution in [2.24, 2.45) is 0 Å². The van der Waals surface area contributed by atoms with E-state index in [0.29, 0.717) is 23.3 Å². The monoisotopic (exact) mass is 292 g/mol. The zero-order chi connectivity index (χ0) is 15.5. The van der Waals surface area contributed by atoms with Crippen molar-refractivity contribution in [1.82, 2.24) is 0 Å². The van der Waals surface area contributed by atoms with Gasteiger partial charge in [0.05, 0.1) is 13.2 Å². The Morgan fingerprint density at radius 1 is 0.864 bits per heavy atom. The van der Waals surface area contributed by atoms with E-state index < -0.39 is 0 Å². The Labute approximate surface area is 129 Å². The first-order chi connectivity index (χ1) is 10.7. The maximum Gasteiger partial charge on any atom is 0.192 e. The summed E-state index contributed by atoms with van der Waals surface area (Å²) in [5, 5.41) is 0. The van der Waals surface area contributed by atoms with E-state index in [2.05, 4.69) is 0 Å². The number of ether oxygens (including phenoxy) is 1. The molecule has 0 saturated heterocycles. The van der Waals surface area contributed by atoms with Crippen molar-refractivity contribution in [1.29, 1.82) is 0 Å². The molecule has 0 spiro atoms. The van der Waals surface area contributed by atoms with E-state index in [0.717, 1.165) is 11.1 Å². The van der Waals surface area contributed by atoms with Crippen molar-refractivity contribution in [3.8, 4) is 0 Å². The molecule has 2 aromatic carbocycles. The number of rotatable bonds is 4. The molecule has 0 fully saturated rings. The Hall–Kier alpha value is -2.52. The average molecular weight is 292 g/mol. The number of Topliss-reactive ketones (excluding diaryl/α,β-unsaturated/α-hetero) is 1. The van der Waals surface area contributed by atoms with Crippen LogP contribution in [0.25, 0.3) is 0 Å². The van der Waals surface area contributed by atoms with Gasteiger partial charge in [0.1, 0.15) is 0 Å². The van der Waals surface area contributed by atoms with Gasteiger partial charge in [-0.3, -0.25) is 9.59 Å². The van der Waals surface area contributed by atoms with Crippen LogP contribution in [0, 0.1) is 6.92 Å². The molecule has 0 saturated carbocycles. The van der Waals surface area contributed by atoms with Crippen molar-refractivity contribution in [2.45, 2.75) is 13.5 Å². The Kier molecular flexibility index (Phi) is 3.98. The molecule has 0 bridgehead atoms. The summed E-state index contributed by atoms with van der Waals surface area (Å²) >= 11 is 0. The first-order valence-electron chi connectivity index (χ1n) is 7.17. The number of carbonyl (C=O) groups excluding carboxylic acids is 2. The van der Waals surface area contributed by atoms with E-state index >= 15 is 0 Å². The highest BCUT2D eigenvalue weighted by atomic mass is 16.5. The van der Waals surface area contributed by atoms with E-state index in [1.807, 2.05) is 31.2 Å². The SMILES string of the molecule is Cc1ccccc1COCC1=CC(=O)c2ccccc2C1=O. The van der Waals surface area contributed by atoms with Gasteiger partial charge in [0, 0.05) is 16.7 Å². The molecule has 0 amide bonds. The van der Waals surface area contributed by atoms with Crippen LogP contribution in [0.1, 0.15) is 31.8 Å². The van der Waals surface area contributed by atoms with Crippen LogP contribution in [0.4, 0.5) is 0 Å². The first kappa shape index (κ1) is 14.4. The molecule has 110 valence electrons. The molecular formula is C19H16O3. The molecule has 0 heterocycles. The highest BCUT2D eigenvalue weighted by molar-refractivity contribution is 6.24. The van der Waals surface area contributed by atoms with E-state index in [1.165, 1.54) is 6.08 Å². The molecule has 3 heteroatoms. The lowest BCUT2D eigenvalue weighted by molar-refractivity contribution is 0.0933. The molecule has 0 radical (unpaired) electrons. The Balaban J connectivity index is 1.71. The molecule has 22 heavy (non-hydrogen) atoms. The number of carbonyl (C=O) groups is 2. The number of hydrogen-bond acceptors (Lipinski definition) is 3. The number of benzene rings is 2. The van der Waals surface area contributed by atoms with Gasteiger partial charge >= 0.3 is 0 Å². The smallest absolute Gasteiger partial charge is 0.192 e. The molecular weight excluding hydrogens is 276 g/mol. The Morgan fingerprint density at radius 3 is 2.32 bits per heavy atom. The summed E-state index contributed by atoms with van der Waals surface area (Å²) in [4.78, 5) is 24.4. The number of allylic oxidation sites excluding steroid dienone is 1. The van der Waals surface area contributed by atoms with E-state index in [9.17, 15) is 9.59 Å². The van der Waals surface area contributed by atoms with Crippen LogP contribution in [-0.2, 0) is 11.3 Å². The van der Waals surface area contributed by atoms with Gasteiger partial charge in [-0.1, -0.05) is 48.5 Å². The van der Waals surface area contributed by atoms with Gasteiger partial charge in [-0.05, 0) is 24.1 Å². The molecule has 1 aliphatic carbocycles. The van der Waals surface area contributed by atoms with Crippen LogP contribution in [0.5, 0.6) is 0 Å². The largest absolute Gasteiger partial charge is 0.372 e. The van der Waals surface area contributed by atoms with Crippen molar-refractivity contribution < 1.29 is 14.3 Å². The van der Waals surface area contributed by atoms with Gasteiger partial charge in [0.25, 0.3) is 0 Å². The minimum atomic E-state index is -0.135. The average Bonchev–Trinajstić information content (AvgIpc) is 2.54. The third kappa shape index (κ3) is 2.76. The van der Waals surface area contributed by atoms with Gasteiger partial charge in [-0.15, -0.1) is 0 Å². The number of ketones is 2. The summed E-state index contributed by atoms with van der Waals surface area (Å²) in [6.45, 7) is 2.59. The second kappa shape index (κ2) is 6.08. The number of fused-ring (bicyclic) bond motifs is 1. The lowest BCUT2D eigenvalue weighted by atomic mass is 9.90. The zero-order valence-corrected chi connectivity index (χ0v) is 12.3. The molecule has 0 unspecified atom stereocenters. The van der Waals surface area contributed by atoms with Gasteiger partial charge in [-0.25, -0.2) is 0 Å². The molecule has 0 aromatic heterocycles. The predicted octanol–water partition coefficient (Wildman–Crippen LogP) is 3.52. The van der Waals surface area contributed by atoms with Crippen LogP contribution >= 0.6 is 0 Å². The molecule has 3 nitrogen and oxygen atoms in total. The Bertz CT molecular complexity index is 772. The first-order valence-corrected chi connectivity index (χ1v) is 7.17. The lowest BCUT2D eigenvalue weighted by Gasteiger charge is -2.15. The topological polar surface area (TPSA) is 43.4 Å². The highest BCUT2D eigenvalue weighted by Gasteiger charge is 2.24. The molecule has 0 atom stereocenters. The van der Waals surface area contributed by atoms with Crippen molar-refractivity contribution in [2.75, 3.05) is 6.61 Å². The summed E-state index contributed by atoms with van der Waals surface area (Å²) in [5.41, 5.74) is 3.57. The summed E-state index contributed by atoms with van der Waals surface area (Å²) in [5.74, 6) is -0.260. The minimum absolute atomic E-state index is 0.125. The fourth-order valence-electron chi connectivity index (χ4n) is 2.52. The van der Waals surface area contributed by atoms with Gasteiger partial charge < -0.3 is 4.74 Å². The third-order valence-electron chi connectivity index (χ3n) is 3.81. The fraction of sp³-hybridized carbons (Fsp3) is 0.158. The van der Waals surface area contributed by atoms with Crippen LogP contribution in [0.15, 0.2) is 60.2 Å². The quantitative estimate of drug-likeness (QED) is 0.866. The lowest BCUT2D eigenvalue weighted by Crippen LogP contribution is -2.19. The van der Waals surface area contributed by atoms with Gasteiger partial charge in [0.15, 0.2) is 11.6 Å². The predicted molar refractivity (Wildman–Crippen MR) is 84.0 cm³/mol. The molecule has 2 aromatic rings. The molecule has 0 N–H and O–H groups in total. The third-order valence-corrected chi connectivity index (χ3v) is 3.81. The zero-order valence-electron chi connectivity index (χ0n) is 12.3. The summed E-state index contributed by atoms with van der Waals surface area (Å²) in [7, 11) is 0. The second-order valence-electron chi connectivity index (χ2n) is 5.33. The molecule has 0 aliphatic heterocycles. The van der Waals surface area contributed by atoms with Crippen LogP contribution in [0.3, 0.4) is 0 Å². The maximum absolute atomic E-state index is 12.4. The number of hydrogen-bond donors (Lipinski definition) is 0. The maximum atomic E-state index is 12.4. The van der Waals surface area contributed by atoms with Gasteiger partial charge in [0.2, 0.25) is 0 Å². The van der Waals surface area contributed by atoms with Crippen LogP contribution in [0.2, 0.25) is 0 Å². The van der Waals surface area contributed by atoms with Crippen molar-refractivity contribution >= 4 is 11.6 Å². The Morgan fingerprint density at radius 2 is 1.55 bits per heavy atom. The summed E-state index contributed by atoms with van der Waals surface area (Å²) < 4.78 is 5.63.